The Labute approximate surface area is 140 Å². The van der Waals surface area contributed by atoms with Crippen molar-refractivity contribution >= 4 is 11.6 Å². The molecule has 0 saturated carbocycles. The van der Waals surface area contributed by atoms with E-state index in [4.69, 9.17) is 4.42 Å². The molecule has 4 rings (SSSR count). The van der Waals surface area contributed by atoms with E-state index in [2.05, 4.69) is 24.4 Å². The van der Waals surface area contributed by atoms with Gasteiger partial charge in [0.15, 0.2) is 0 Å². The zero-order valence-electron chi connectivity index (χ0n) is 13.4. The molecule has 1 amide bonds. The van der Waals surface area contributed by atoms with Crippen LogP contribution in [0.15, 0.2) is 71.3 Å². The number of anilines is 1. The van der Waals surface area contributed by atoms with E-state index in [-0.39, 0.29) is 12.1 Å². The highest BCUT2D eigenvalue weighted by Crippen LogP contribution is 2.34. The van der Waals surface area contributed by atoms with Crippen LogP contribution in [0.2, 0.25) is 0 Å². The van der Waals surface area contributed by atoms with Crippen molar-refractivity contribution in [2.45, 2.75) is 19.6 Å². The normalized spacial score (nSPS) is 16.6. The van der Waals surface area contributed by atoms with Crippen molar-refractivity contribution in [3.8, 4) is 0 Å². The molecule has 1 unspecified atom stereocenters. The monoisotopic (exact) mass is 318 g/mol. The number of furan rings is 1. The standard InChI is InChI=1S/C20H18N2O2/c1-14-6-4-7-15(12-14)19-21-18-10-3-2-9-17(18)20(23)22(19)13-16-8-5-11-24-16/h2-12,19,21H,13H2,1H3. The third-order valence-corrected chi connectivity index (χ3v) is 4.29. The Balaban J connectivity index is 1.78. The maximum absolute atomic E-state index is 13.1. The Hall–Kier alpha value is -3.01. The summed E-state index contributed by atoms with van der Waals surface area (Å²) >= 11 is 0. The van der Waals surface area contributed by atoms with Gasteiger partial charge in [0.25, 0.3) is 5.91 Å². The Kier molecular flexibility index (Phi) is 3.58. The molecule has 1 aliphatic rings. The van der Waals surface area contributed by atoms with E-state index in [9.17, 15) is 4.79 Å². The summed E-state index contributed by atoms with van der Waals surface area (Å²) in [6.45, 7) is 2.48. The van der Waals surface area contributed by atoms with Crippen molar-refractivity contribution in [3.05, 3.63) is 89.4 Å². The lowest BCUT2D eigenvalue weighted by Gasteiger charge is -2.37. The van der Waals surface area contributed by atoms with Crippen LogP contribution in [-0.2, 0) is 6.54 Å². The predicted molar refractivity (Wildman–Crippen MR) is 92.6 cm³/mol. The number of nitrogens with zero attached hydrogens (tertiary/aromatic N) is 1. The average Bonchev–Trinajstić information content (AvgIpc) is 3.10. The number of aryl methyl sites for hydroxylation is 1. The number of para-hydroxylation sites is 1. The molecule has 2 heterocycles. The van der Waals surface area contributed by atoms with Gasteiger partial charge in [0, 0.05) is 5.69 Å². The minimum atomic E-state index is -0.225. The van der Waals surface area contributed by atoms with Gasteiger partial charge >= 0.3 is 0 Å². The minimum absolute atomic E-state index is 0.00672. The number of fused-ring (bicyclic) bond motifs is 1. The Bertz CT molecular complexity index is 871. The summed E-state index contributed by atoms with van der Waals surface area (Å²) < 4.78 is 5.46. The molecule has 0 radical (unpaired) electrons. The lowest BCUT2D eigenvalue weighted by Crippen LogP contribution is -2.42. The smallest absolute Gasteiger partial charge is 0.258 e. The van der Waals surface area contributed by atoms with Gasteiger partial charge in [-0.15, -0.1) is 0 Å². The molecule has 1 aromatic heterocycles. The predicted octanol–water partition coefficient (Wildman–Crippen LogP) is 4.35. The van der Waals surface area contributed by atoms with Gasteiger partial charge in [0.2, 0.25) is 0 Å². The molecule has 0 fully saturated rings. The third kappa shape index (κ3) is 2.56. The molecule has 1 N–H and O–H groups in total. The maximum atomic E-state index is 13.1. The van der Waals surface area contributed by atoms with E-state index in [1.54, 1.807) is 6.26 Å². The number of amides is 1. The molecule has 4 heteroatoms. The second-order valence-corrected chi connectivity index (χ2v) is 6.02. The maximum Gasteiger partial charge on any atom is 0.258 e. The first-order valence-electron chi connectivity index (χ1n) is 7.98. The molecule has 2 aromatic carbocycles. The molecule has 0 aliphatic carbocycles. The van der Waals surface area contributed by atoms with Crippen LogP contribution < -0.4 is 5.32 Å². The summed E-state index contributed by atoms with van der Waals surface area (Å²) in [7, 11) is 0. The van der Waals surface area contributed by atoms with Gasteiger partial charge in [-0.1, -0.05) is 42.0 Å². The van der Waals surface area contributed by atoms with Crippen molar-refractivity contribution < 1.29 is 9.21 Å². The van der Waals surface area contributed by atoms with Gasteiger partial charge in [-0.3, -0.25) is 4.79 Å². The zero-order valence-corrected chi connectivity index (χ0v) is 13.4. The SMILES string of the molecule is Cc1cccc(C2Nc3ccccc3C(=O)N2Cc2ccco2)c1. The number of hydrogen-bond donors (Lipinski definition) is 1. The first-order valence-corrected chi connectivity index (χ1v) is 7.98. The van der Waals surface area contributed by atoms with Crippen LogP contribution in [0.25, 0.3) is 0 Å². The highest BCUT2D eigenvalue weighted by atomic mass is 16.3. The van der Waals surface area contributed by atoms with Gasteiger partial charge in [-0.05, 0) is 36.8 Å². The van der Waals surface area contributed by atoms with Crippen molar-refractivity contribution in [1.29, 1.82) is 0 Å². The van der Waals surface area contributed by atoms with Crippen LogP contribution in [0.1, 0.15) is 33.4 Å². The number of carbonyl (C=O) groups is 1. The molecule has 4 nitrogen and oxygen atoms in total. The van der Waals surface area contributed by atoms with Crippen LogP contribution in [0.4, 0.5) is 5.69 Å². The topological polar surface area (TPSA) is 45.5 Å². The average molecular weight is 318 g/mol. The fourth-order valence-electron chi connectivity index (χ4n) is 3.13. The Morgan fingerprint density at radius 2 is 1.96 bits per heavy atom. The molecule has 1 aliphatic heterocycles. The number of nitrogens with one attached hydrogen (secondary N) is 1. The zero-order chi connectivity index (χ0) is 16.5. The van der Waals surface area contributed by atoms with Crippen LogP contribution in [0.5, 0.6) is 0 Å². The van der Waals surface area contributed by atoms with E-state index in [0.717, 1.165) is 17.0 Å². The fraction of sp³-hybridized carbons (Fsp3) is 0.150. The van der Waals surface area contributed by atoms with Crippen molar-refractivity contribution in [1.82, 2.24) is 4.90 Å². The molecule has 120 valence electrons. The van der Waals surface area contributed by atoms with E-state index in [1.807, 2.05) is 53.4 Å². The summed E-state index contributed by atoms with van der Waals surface area (Å²) in [4.78, 5) is 14.9. The molecule has 0 bridgehead atoms. The van der Waals surface area contributed by atoms with Gasteiger partial charge in [-0.2, -0.15) is 0 Å². The largest absolute Gasteiger partial charge is 0.467 e. The summed E-state index contributed by atoms with van der Waals surface area (Å²) in [6, 6.07) is 19.6. The highest BCUT2D eigenvalue weighted by Gasteiger charge is 2.33. The number of benzene rings is 2. The number of carbonyl (C=O) groups excluding carboxylic acids is 1. The third-order valence-electron chi connectivity index (χ3n) is 4.29. The van der Waals surface area contributed by atoms with Crippen molar-refractivity contribution in [2.75, 3.05) is 5.32 Å². The van der Waals surface area contributed by atoms with E-state index in [1.165, 1.54) is 5.56 Å². The quantitative estimate of drug-likeness (QED) is 0.780. The van der Waals surface area contributed by atoms with Gasteiger partial charge in [0.1, 0.15) is 11.9 Å². The molecule has 24 heavy (non-hydrogen) atoms. The van der Waals surface area contributed by atoms with Crippen molar-refractivity contribution in [2.24, 2.45) is 0 Å². The van der Waals surface area contributed by atoms with Gasteiger partial charge < -0.3 is 14.6 Å². The van der Waals surface area contributed by atoms with Crippen LogP contribution >= 0.6 is 0 Å². The first-order chi connectivity index (χ1) is 11.7. The number of rotatable bonds is 3. The Morgan fingerprint density at radius 3 is 2.75 bits per heavy atom. The summed E-state index contributed by atoms with van der Waals surface area (Å²) in [5.74, 6) is 0.773. The second kappa shape index (κ2) is 5.89. The molecule has 0 spiro atoms. The van der Waals surface area contributed by atoms with Crippen LogP contribution in [-0.4, -0.2) is 10.8 Å². The van der Waals surface area contributed by atoms with Crippen LogP contribution in [0.3, 0.4) is 0 Å². The van der Waals surface area contributed by atoms with Crippen molar-refractivity contribution in [3.63, 3.8) is 0 Å². The summed E-state index contributed by atoms with van der Waals surface area (Å²) in [6.07, 6.45) is 1.41. The van der Waals surface area contributed by atoms with E-state index >= 15 is 0 Å². The van der Waals surface area contributed by atoms with Crippen LogP contribution in [0, 0.1) is 6.92 Å². The molecular weight excluding hydrogens is 300 g/mol. The second-order valence-electron chi connectivity index (χ2n) is 6.02. The van der Waals surface area contributed by atoms with Gasteiger partial charge in [0.05, 0.1) is 18.4 Å². The Morgan fingerprint density at radius 1 is 1.08 bits per heavy atom. The lowest BCUT2D eigenvalue weighted by molar-refractivity contribution is 0.0651. The molecule has 3 aromatic rings. The molecule has 0 saturated heterocycles. The summed E-state index contributed by atoms with van der Waals surface area (Å²) in [5, 5.41) is 3.50. The molecular formula is C20H18N2O2. The van der Waals surface area contributed by atoms with E-state index < -0.39 is 0 Å². The van der Waals surface area contributed by atoms with E-state index in [0.29, 0.717) is 12.1 Å². The molecule has 1 atom stereocenters. The fourth-order valence-corrected chi connectivity index (χ4v) is 3.13. The lowest BCUT2D eigenvalue weighted by atomic mass is 10.0. The van der Waals surface area contributed by atoms with Gasteiger partial charge in [-0.25, -0.2) is 0 Å². The number of hydrogen-bond acceptors (Lipinski definition) is 3. The first kappa shape index (κ1) is 14.6. The summed E-state index contributed by atoms with van der Waals surface area (Å²) in [5.41, 5.74) is 3.78. The highest BCUT2D eigenvalue weighted by molar-refractivity contribution is 6.01. The minimum Gasteiger partial charge on any atom is -0.467 e.